The number of nitrogens with zero attached hydrogens (tertiary/aromatic N) is 3. The normalized spacial score (nSPS) is 14.8. The van der Waals surface area contributed by atoms with Crippen LogP contribution in [0.15, 0.2) is 24.3 Å². The highest BCUT2D eigenvalue weighted by atomic mass is 16.6. The van der Waals surface area contributed by atoms with Gasteiger partial charge in [-0.2, -0.15) is 0 Å². The smallest absolute Gasteiger partial charge is 0.269 e. The van der Waals surface area contributed by atoms with Crippen LogP contribution in [0.4, 0.5) is 11.4 Å². The Morgan fingerprint density at radius 1 is 1.23 bits per heavy atom. The number of likely N-dealkylation sites (tertiary alicyclic amines) is 1. The van der Waals surface area contributed by atoms with Gasteiger partial charge in [0.05, 0.1) is 4.92 Å². The fourth-order valence-corrected chi connectivity index (χ4v) is 3.07. The van der Waals surface area contributed by atoms with Crippen LogP contribution in [0.5, 0.6) is 0 Å². The molecule has 1 aromatic carbocycles. The monoisotopic (exact) mass is 362 g/mol. The quantitative estimate of drug-likeness (QED) is 0.455. The van der Waals surface area contributed by atoms with Gasteiger partial charge < -0.3 is 15.1 Å². The average molecular weight is 362 g/mol. The SMILES string of the molecule is CN(C)C(=O)C1CCN(C(=O)CCCNc2ccc([N+](=O)[O-])cc2)CC1. The van der Waals surface area contributed by atoms with E-state index < -0.39 is 4.92 Å². The molecule has 0 spiro atoms. The summed E-state index contributed by atoms with van der Waals surface area (Å²) in [4.78, 5) is 37.9. The van der Waals surface area contributed by atoms with E-state index in [1.165, 1.54) is 12.1 Å². The second-order valence-corrected chi connectivity index (χ2v) is 6.72. The van der Waals surface area contributed by atoms with Gasteiger partial charge in [-0.15, -0.1) is 0 Å². The Kier molecular flexibility index (Phi) is 6.94. The molecule has 1 aliphatic heterocycles. The number of hydrogen-bond donors (Lipinski definition) is 1. The third kappa shape index (κ3) is 5.44. The first-order valence-electron chi connectivity index (χ1n) is 8.85. The van der Waals surface area contributed by atoms with Gasteiger partial charge in [0.15, 0.2) is 0 Å². The average Bonchev–Trinajstić information content (AvgIpc) is 2.64. The number of piperidine rings is 1. The van der Waals surface area contributed by atoms with Crippen molar-refractivity contribution < 1.29 is 14.5 Å². The van der Waals surface area contributed by atoms with Gasteiger partial charge in [0.25, 0.3) is 5.69 Å². The van der Waals surface area contributed by atoms with E-state index in [9.17, 15) is 19.7 Å². The minimum absolute atomic E-state index is 0.0258. The van der Waals surface area contributed by atoms with Gasteiger partial charge in [-0.1, -0.05) is 0 Å². The maximum absolute atomic E-state index is 12.3. The van der Waals surface area contributed by atoms with Crippen LogP contribution in [0.2, 0.25) is 0 Å². The van der Waals surface area contributed by atoms with Crippen LogP contribution in [-0.2, 0) is 9.59 Å². The van der Waals surface area contributed by atoms with Crippen LogP contribution in [-0.4, -0.2) is 60.3 Å². The highest BCUT2D eigenvalue weighted by molar-refractivity contribution is 5.79. The molecule has 142 valence electrons. The molecule has 8 nitrogen and oxygen atoms in total. The van der Waals surface area contributed by atoms with Crippen molar-refractivity contribution in [3.8, 4) is 0 Å². The molecule has 0 atom stereocenters. The van der Waals surface area contributed by atoms with Gasteiger partial charge in [-0.05, 0) is 31.4 Å². The largest absolute Gasteiger partial charge is 0.385 e. The van der Waals surface area contributed by atoms with Gasteiger partial charge in [0.1, 0.15) is 0 Å². The molecule has 0 aliphatic carbocycles. The van der Waals surface area contributed by atoms with Crippen LogP contribution in [0.25, 0.3) is 0 Å². The zero-order valence-corrected chi connectivity index (χ0v) is 15.3. The van der Waals surface area contributed by atoms with E-state index in [0.717, 1.165) is 18.5 Å². The Morgan fingerprint density at radius 2 is 1.85 bits per heavy atom. The first-order valence-corrected chi connectivity index (χ1v) is 8.85. The number of benzene rings is 1. The molecule has 1 saturated heterocycles. The molecule has 8 heteroatoms. The summed E-state index contributed by atoms with van der Waals surface area (Å²) in [6.07, 6.45) is 2.59. The summed E-state index contributed by atoms with van der Waals surface area (Å²) >= 11 is 0. The van der Waals surface area contributed by atoms with E-state index in [1.54, 1.807) is 31.1 Å². The number of non-ortho nitro benzene ring substituents is 1. The first kappa shape index (κ1) is 19.7. The van der Waals surface area contributed by atoms with Crippen LogP contribution in [0.1, 0.15) is 25.7 Å². The van der Waals surface area contributed by atoms with Gasteiger partial charge in [-0.3, -0.25) is 19.7 Å². The maximum atomic E-state index is 12.3. The molecule has 1 N–H and O–H groups in total. The molecular weight excluding hydrogens is 336 g/mol. The van der Waals surface area contributed by atoms with Crippen LogP contribution >= 0.6 is 0 Å². The lowest BCUT2D eigenvalue weighted by atomic mass is 9.95. The van der Waals surface area contributed by atoms with Crippen molar-refractivity contribution in [3.05, 3.63) is 34.4 Å². The predicted molar refractivity (Wildman–Crippen MR) is 98.8 cm³/mol. The molecular formula is C18H26N4O4. The van der Waals surface area contributed by atoms with Gasteiger partial charge in [-0.25, -0.2) is 0 Å². The van der Waals surface area contributed by atoms with Crippen molar-refractivity contribution in [2.24, 2.45) is 5.92 Å². The number of hydrogen-bond acceptors (Lipinski definition) is 5. The summed E-state index contributed by atoms with van der Waals surface area (Å²) in [6.45, 7) is 1.90. The first-order chi connectivity index (χ1) is 12.4. The Morgan fingerprint density at radius 3 is 2.38 bits per heavy atom. The fraction of sp³-hybridized carbons (Fsp3) is 0.556. The number of amides is 2. The molecule has 2 rings (SSSR count). The Labute approximate surface area is 153 Å². The number of nitrogens with one attached hydrogen (secondary N) is 1. The lowest BCUT2D eigenvalue weighted by Gasteiger charge is -2.32. The fourth-order valence-electron chi connectivity index (χ4n) is 3.07. The van der Waals surface area contributed by atoms with Gasteiger partial charge in [0, 0.05) is 63.9 Å². The molecule has 0 aromatic heterocycles. The summed E-state index contributed by atoms with van der Waals surface area (Å²) in [5.41, 5.74) is 0.855. The molecule has 0 radical (unpaired) electrons. The van der Waals surface area contributed by atoms with Crippen molar-refractivity contribution in [1.82, 2.24) is 9.80 Å². The Bertz CT molecular complexity index is 637. The summed E-state index contributed by atoms with van der Waals surface area (Å²) < 4.78 is 0. The minimum Gasteiger partial charge on any atom is -0.385 e. The number of nitro benzene ring substituents is 1. The molecule has 26 heavy (non-hydrogen) atoms. The molecule has 0 saturated carbocycles. The molecule has 0 bridgehead atoms. The molecule has 1 fully saturated rings. The maximum Gasteiger partial charge on any atom is 0.269 e. The van der Waals surface area contributed by atoms with Crippen molar-refractivity contribution in [2.75, 3.05) is 39.0 Å². The van der Waals surface area contributed by atoms with E-state index in [0.29, 0.717) is 32.5 Å². The summed E-state index contributed by atoms with van der Waals surface area (Å²) in [5.74, 6) is 0.286. The highest BCUT2D eigenvalue weighted by Crippen LogP contribution is 2.20. The predicted octanol–water partition coefficient (Wildman–Crippen LogP) is 2.11. The number of carbonyl (C=O) groups is 2. The summed E-state index contributed by atoms with van der Waals surface area (Å²) in [5, 5.41) is 13.8. The Balaban J connectivity index is 1.66. The zero-order valence-electron chi connectivity index (χ0n) is 15.3. The van der Waals surface area contributed by atoms with E-state index >= 15 is 0 Å². The van der Waals surface area contributed by atoms with E-state index in [2.05, 4.69) is 5.32 Å². The van der Waals surface area contributed by atoms with Crippen molar-refractivity contribution in [1.29, 1.82) is 0 Å². The molecule has 2 amide bonds. The summed E-state index contributed by atoms with van der Waals surface area (Å²) in [6, 6.07) is 6.22. The van der Waals surface area contributed by atoms with Crippen LogP contribution < -0.4 is 5.32 Å². The minimum atomic E-state index is -0.433. The van der Waals surface area contributed by atoms with E-state index in [1.807, 2.05) is 4.90 Å². The highest BCUT2D eigenvalue weighted by Gasteiger charge is 2.27. The number of anilines is 1. The zero-order chi connectivity index (χ0) is 19.1. The number of rotatable bonds is 7. The van der Waals surface area contributed by atoms with Crippen molar-refractivity contribution in [2.45, 2.75) is 25.7 Å². The molecule has 0 unspecified atom stereocenters. The lowest BCUT2D eigenvalue weighted by molar-refractivity contribution is -0.384. The third-order valence-electron chi connectivity index (χ3n) is 4.61. The van der Waals surface area contributed by atoms with E-state index in [4.69, 9.17) is 0 Å². The van der Waals surface area contributed by atoms with Crippen LogP contribution in [0, 0.1) is 16.0 Å². The van der Waals surface area contributed by atoms with E-state index in [-0.39, 0.29) is 23.4 Å². The lowest BCUT2D eigenvalue weighted by Crippen LogP contribution is -2.42. The van der Waals surface area contributed by atoms with Gasteiger partial charge in [0.2, 0.25) is 11.8 Å². The standard InChI is InChI=1S/C18H26N4O4/c1-20(2)18(24)14-9-12-21(13-10-14)17(23)4-3-11-19-15-5-7-16(8-6-15)22(25)26/h5-8,14,19H,3-4,9-13H2,1-2H3. The Hall–Kier alpha value is -2.64. The van der Waals surface area contributed by atoms with Crippen molar-refractivity contribution in [3.63, 3.8) is 0 Å². The third-order valence-corrected chi connectivity index (χ3v) is 4.61. The molecule has 1 aliphatic rings. The van der Waals surface area contributed by atoms with Crippen molar-refractivity contribution >= 4 is 23.2 Å². The topological polar surface area (TPSA) is 95.8 Å². The summed E-state index contributed by atoms with van der Waals surface area (Å²) in [7, 11) is 3.52. The second-order valence-electron chi connectivity index (χ2n) is 6.72. The molecule has 1 heterocycles. The number of nitro groups is 1. The second kappa shape index (κ2) is 9.17. The molecule has 1 aromatic rings. The number of carbonyl (C=O) groups excluding carboxylic acids is 2. The van der Waals surface area contributed by atoms with Gasteiger partial charge >= 0.3 is 0 Å². The van der Waals surface area contributed by atoms with Crippen LogP contribution in [0.3, 0.4) is 0 Å².